The Morgan fingerprint density at radius 3 is 1.28 bits per heavy atom. The van der Waals surface area contributed by atoms with Crippen LogP contribution in [0.4, 0.5) is 51.2 Å². The summed E-state index contributed by atoms with van der Waals surface area (Å²) in [6, 6.07) is 57.9. The molecule has 0 unspecified atom stereocenters. The average Bonchev–Trinajstić information content (AvgIpc) is 1.03. The van der Waals surface area contributed by atoms with Crippen LogP contribution in [-0.2, 0) is 43.3 Å². The molecule has 0 spiro atoms. The van der Waals surface area contributed by atoms with E-state index in [9.17, 15) is 0 Å². The predicted molar refractivity (Wildman–Crippen MR) is 368 cm³/mol. The van der Waals surface area contributed by atoms with E-state index in [0.29, 0.717) is 0 Å². The molecule has 9 aromatic rings. The van der Waals surface area contributed by atoms with Crippen molar-refractivity contribution in [1.29, 1.82) is 0 Å². The van der Waals surface area contributed by atoms with Gasteiger partial charge in [-0.3, -0.25) is 0 Å². The summed E-state index contributed by atoms with van der Waals surface area (Å²) in [5, 5.41) is 2.28. The zero-order chi connectivity index (χ0) is 60.7. The Kier molecular flexibility index (Phi) is 12.6. The van der Waals surface area contributed by atoms with E-state index < -0.39 is 0 Å². The fourth-order valence-corrected chi connectivity index (χ4v) is 14.9. The number of hydrogen-bond acceptors (Lipinski definition) is 4. The molecular weight excluding hydrogens is 1030 g/mol. The predicted octanol–water partition coefficient (Wildman–Crippen LogP) is 21.0. The smallest absolute Gasteiger partial charge is 0.252 e. The maximum absolute atomic E-state index is 7.04. The number of rotatable bonds is 5. The zero-order valence-corrected chi connectivity index (χ0v) is 55.0. The lowest BCUT2D eigenvalue weighted by Gasteiger charge is -2.48. The zero-order valence-electron chi connectivity index (χ0n) is 55.0. The normalized spacial score (nSPS) is 17.5. The molecule has 1 aromatic heterocycles. The minimum atomic E-state index is -0.187. The Morgan fingerprint density at radius 2 is 0.765 bits per heavy atom. The molecule has 5 heteroatoms. The van der Waals surface area contributed by atoms with E-state index in [0.717, 1.165) is 64.0 Å². The summed E-state index contributed by atoms with van der Waals surface area (Å²) >= 11 is 0. The van der Waals surface area contributed by atoms with Crippen molar-refractivity contribution in [1.82, 2.24) is 0 Å². The van der Waals surface area contributed by atoms with Crippen molar-refractivity contribution in [3.8, 4) is 0 Å². The molecule has 8 aromatic carbocycles. The lowest BCUT2D eigenvalue weighted by atomic mass is 9.33. The van der Waals surface area contributed by atoms with E-state index in [1.807, 2.05) is 0 Å². The molecule has 0 atom stereocenters. The summed E-state index contributed by atoms with van der Waals surface area (Å²) < 4.78 is 7.04. The number of furan rings is 1. The summed E-state index contributed by atoms with van der Waals surface area (Å²) in [6.45, 7) is 47.6. The van der Waals surface area contributed by atoms with Gasteiger partial charge in [0.15, 0.2) is 0 Å². The molecule has 0 bridgehead atoms. The van der Waals surface area contributed by atoms with Crippen LogP contribution in [0.3, 0.4) is 0 Å². The second-order valence-corrected chi connectivity index (χ2v) is 32.9. The molecule has 0 N–H and O–H groups in total. The van der Waals surface area contributed by atoms with E-state index >= 15 is 0 Å². The molecule has 85 heavy (non-hydrogen) atoms. The van der Waals surface area contributed by atoms with Crippen LogP contribution in [0.15, 0.2) is 150 Å². The summed E-state index contributed by atoms with van der Waals surface area (Å²) in [4.78, 5) is 7.82. The van der Waals surface area contributed by atoms with Gasteiger partial charge in [0.05, 0.1) is 0 Å². The number of benzene rings is 8. The van der Waals surface area contributed by atoms with Gasteiger partial charge in [-0.1, -0.05) is 193 Å². The summed E-state index contributed by atoms with van der Waals surface area (Å²) in [5.74, 6) is 0. The topological polar surface area (TPSA) is 22.9 Å². The van der Waals surface area contributed by atoms with Crippen molar-refractivity contribution >= 4 is 96.2 Å². The SMILES string of the molecule is CC(C)(C)c1ccc(N(c2ccc(C(C)(C)C)cc2)c2ccc3c(c2)N(c2ccc4c(c2)oc2cc(C(C)(C)C)ccc24)c2cc(C(C)(C)C)cc4c2B3c2cc3c(cc2N4c2ccc4c(c2)C(C)(C)CCC4(C)C)C(C)(C)CCC3(C)C)cc1. The molecule has 0 saturated heterocycles. The van der Waals surface area contributed by atoms with Crippen molar-refractivity contribution in [2.24, 2.45) is 0 Å². The maximum Gasteiger partial charge on any atom is 0.252 e. The molecule has 2 aliphatic carbocycles. The molecule has 0 amide bonds. The van der Waals surface area contributed by atoms with Gasteiger partial charge in [0.1, 0.15) is 11.2 Å². The monoisotopic (exact) mass is 1120 g/mol. The Morgan fingerprint density at radius 1 is 0.353 bits per heavy atom. The minimum absolute atomic E-state index is 0.0000526. The van der Waals surface area contributed by atoms with Crippen LogP contribution < -0.4 is 31.1 Å². The molecule has 0 radical (unpaired) electrons. The van der Waals surface area contributed by atoms with Crippen LogP contribution in [0.2, 0.25) is 0 Å². The average molecular weight is 1120 g/mol. The second kappa shape index (κ2) is 18.8. The minimum Gasteiger partial charge on any atom is -0.456 e. The molecule has 13 rings (SSSR count). The molecule has 436 valence electrons. The highest BCUT2D eigenvalue weighted by atomic mass is 16.3. The van der Waals surface area contributed by atoms with Gasteiger partial charge in [-0.05, 0) is 215 Å². The summed E-state index contributed by atoms with van der Waals surface area (Å²) in [7, 11) is 0. The van der Waals surface area contributed by atoms with Gasteiger partial charge in [0.25, 0.3) is 6.71 Å². The standard InChI is InChI=1S/C80H92BN3O/c1-73(2,3)49-21-26-53(27-22-49)82(54-28-23-50(24-29-54)74(4,5)6)56-32-36-64-66(45-56)84(57-30-34-59-58-33-25-51(75(7,8)9)43-70(58)85-71(59)46-57)69-42-52(76(10,11)12)41-68-72(69)81(64)65-47-62-63(80(19,20)40-39-79(62,17)18)48-67(65)83(68)55-31-35-60-61(44-55)78(15,16)38-37-77(60,13)14/h21-36,41-48H,37-40H2,1-20H3. The first-order valence-corrected chi connectivity index (χ1v) is 31.9. The Bertz CT molecular complexity index is 4120. The van der Waals surface area contributed by atoms with Crippen molar-refractivity contribution in [3.63, 3.8) is 0 Å². The first-order valence-electron chi connectivity index (χ1n) is 31.9. The largest absolute Gasteiger partial charge is 0.456 e. The first kappa shape index (κ1) is 57.1. The van der Waals surface area contributed by atoms with Crippen LogP contribution in [0, 0.1) is 0 Å². The van der Waals surface area contributed by atoms with E-state index in [1.165, 1.54) is 95.8 Å². The van der Waals surface area contributed by atoms with Gasteiger partial charge < -0.3 is 19.1 Å². The third kappa shape index (κ3) is 9.38. The molecule has 3 heterocycles. The van der Waals surface area contributed by atoms with Crippen LogP contribution in [-0.4, -0.2) is 6.71 Å². The molecule has 0 fully saturated rings. The molecule has 2 aliphatic heterocycles. The maximum atomic E-state index is 7.04. The molecular formula is C80H92BN3O. The van der Waals surface area contributed by atoms with Crippen molar-refractivity contribution in [3.05, 3.63) is 190 Å². The van der Waals surface area contributed by atoms with Gasteiger partial charge in [0.2, 0.25) is 0 Å². The van der Waals surface area contributed by atoms with Crippen LogP contribution in [0.25, 0.3) is 21.9 Å². The second-order valence-electron chi connectivity index (χ2n) is 32.9. The number of anilines is 9. The fraction of sp³-hybridized carbons (Fsp3) is 0.400. The van der Waals surface area contributed by atoms with Gasteiger partial charge in [-0.15, -0.1) is 0 Å². The van der Waals surface area contributed by atoms with Gasteiger partial charge in [0, 0.05) is 68.0 Å². The lowest BCUT2D eigenvalue weighted by molar-refractivity contribution is 0.332. The first-order chi connectivity index (χ1) is 39.6. The third-order valence-electron chi connectivity index (χ3n) is 20.8. The van der Waals surface area contributed by atoms with Crippen molar-refractivity contribution in [2.75, 3.05) is 14.7 Å². The molecule has 0 saturated carbocycles. The van der Waals surface area contributed by atoms with Crippen molar-refractivity contribution < 1.29 is 4.42 Å². The number of fused-ring (bicyclic) bond motifs is 9. The van der Waals surface area contributed by atoms with E-state index in [1.54, 1.807) is 0 Å². The Labute approximate surface area is 510 Å². The van der Waals surface area contributed by atoms with Crippen LogP contribution in [0.5, 0.6) is 0 Å². The van der Waals surface area contributed by atoms with Crippen LogP contribution >= 0.6 is 0 Å². The van der Waals surface area contributed by atoms with E-state index in [4.69, 9.17) is 4.42 Å². The van der Waals surface area contributed by atoms with Gasteiger partial charge in [-0.2, -0.15) is 0 Å². The molecule has 4 nitrogen and oxygen atoms in total. The highest BCUT2D eigenvalue weighted by Gasteiger charge is 2.48. The quantitative estimate of drug-likeness (QED) is 0.160. The Balaban J connectivity index is 1.13. The summed E-state index contributed by atoms with van der Waals surface area (Å²) in [6.07, 6.45) is 4.63. The van der Waals surface area contributed by atoms with E-state index in [2.05, 4.69) is 299 Å². The highest BCUT2D eigenvalue weighted by Crippen LogP contribution is 2.54. The van der Waals surface area contributed by atoms with Gasteiger partial charge >= 0.3 is 0 Å². The number of nitrogens with zero attached hydrogens (tertiary/aromatic N) is 3. The third-order valence-corrected chi connectivity index (χ3v) is 20.8. The van der Waals surface area contributed by atoms with Gasteiger partial charge in [-0.25, -0.2) is 0 Å². The fourth-order valence-electron chi connectivity index (χ4n) is 14.9. The lowest BCUT2D eigenvalue weighted by Crippen LogP contribution is -2.62. The van der Waals surface area contributed by atoms with E-state index in [-0.39, 0.29) is 50.0 Å². The highest BCUT2D eigenvalue weighted by molar-refractivity contribution is 7.00. The summed E-state index contributed by atoms with van der Waals surface area (Å²) in [5.41, 5.74) is 27.6. The van der Waals surface area contributed by atoms with Crippen molar-refractivity contribution in [2.45, 2.75) is 207 Å². The number of hydrogen-bond donors (Lipinski definition) is 0. The Hall–Kier alpha value is -6.98. The van der Waals surface area contributed by atoms with Crippen LogP contribution in [0.1, 0.15) is 209 Å². The molecule has 4 aliphatic rings.